The second-order valence-corrected chi connectivity index (χ2v) is 8.35. The van der Waals surface area contributed by atoms with Gasteiger partial charge in [-0.2, -0.15) is 5.10 Å². The summed E-state index contributed by atoms with van der Waals surface area (Å²) < 4.78 is 6.41. The Morgan fingerprint density at radius 1 is 1.03 bits per heavy atom. The van der Waals surface area contributed by atoms with Crippen molar-refractivity contribution in [3.8, 4) is 5.75 Å². The number of halogens is 2. The number of hydrogen-bond acceptors (Lipinski definition) is 4. The number of rotatable bonds is 7. The molecule has 6 nitrogen and oxygen atoms in total. The first-order valence-electron chi connectivity index (χ1n) is 9.70. The van der Waals surface area contributed by atoms with Gasteiger partial charge in [-0.1, -0.05) is 33.6 Å². The Hall–Kier alpha value is -3.16. The average molecular weight is 515 g/mol. The Kier molecular flexibility index (Phi) is 8.03. The lowest BCUT2D eigenvalue weighted by molar-refractivity contribution is -0.118. The summed E-state index contributed by atoms with van der Waals surface area (Å²) in [4.78, 5) is 24.2. The van der Waals surface area contributed by atoms with Gasteiger partial charge in [0.25, 0.3) is 11.8 Å². The van der Waals surface area contributed by atoms with E-state index in [9.17, 15) is 9.59 Å². The Labute approximate surface area is 199 Å². The lowest BCUT2D eigenvalue weighted by atomic mass is 10.1. The first-order chi connectivity index (χ1) is 15.3. The van der Waals surface area contributed by atoms with Gasteiger partial charge in [0.15, 0.2) is 6.61 Å². The van der Waals surface area contributed by atoms with E-state index in [1.54, 1.807) is 42.5 Å². The summed E-state index contributed by atoms with van der Waals surface area (Å²) in [5.41, 5.74) is 6.58. The van der Waals surface area contributed by atoms with Gasteiger partial charge in [-0.3, -0.25) is 9.59 Å². The zero-order chi connectivity index (χ0) is 23.1. The standard InChI is InChI=1S/C24H21BrClN3O3/c1-15-3-9-20(11-16(15)2)28-23(30)14-32-22-10-4-17(12-21(22)26)13-27-29-24(31)18-5-7-19(25)8-6-18/h3-13H,14H2,1-2H3,(H,28,30)(H,29,31)/b27-13+. The molecule has 3 rings (SSSR count). The number of carbonyl (C=O) groups excluding carboxylic acids is 2. The smallest absolute Gasteiger partial charge is 0.271 e. The molecule has 0 unspecified atom stereocenters. The fraction of sp³-hybridized carbons (Fsp3) is 0.125. The molecule has 32 heavy (non-hydrogen) atoms. The molecule has 0 heterocycles. The van der Waals surface area contributed by atoms with E-state index in [-0.39, 0.29) is 18.4 Å². The highest BCUT2D eigenvalue weighted by molar-refractivity contribution is 9.10. The van der Waals surface area contributed by atoms with Crippen LogP contribution in [0.15, 0.2) is 70.2 Å². The first-order valence-corrected chi connectivity index (χ1v) is 10.9. The number of carbonyl (C=O) groups is 2. The number of ether oxygens (including phenoxy) is 1. The van der Waals surface area contributed by atoms with E-state index in [0.717, 1.165) is 15.6 Å². The predicted molar refractivity (Wildman–Crippen MR) is 131 cm³/mol. The van der Waals surface area contributed by atoms with E-state index in [1.165, 1.54) is 6.21 Å². The number of hydrazone groups is 1. The Morgan fingerprint density at radius 2 is 1.78 bits per heavy atom. The van der Waals surface area contributed by atoms with Crippen LogP contribution in [0.5, 0.6) is 5.75 Å². The number of benzene rings is 3. The van der Waals surface area contributed by atoms with Gasteiger partial charge >= 0.3 is 0 Å². The normalized spacial score (nSPS) is 10.8. The zero-order valence-corrected chi connectivity index (χ0v) is 19.8. The molecule has 0 saturated heterocycles. The monoisotopic (exact) mass is 513 g/mol. The molecule has 0 fully saturated rings. The van der Waals surface area contributed by atoms with Crippen LogP contribution in [0.2, 0.25) is 5.02 Å². The molecule has 3 aromatic rings. The van der Waals surface area contributed by atoms with E-state index in [4.69, 9.17) is 16.3 Å². The first kappa shape index (κ1) is 23.5. The molecule has 0 aliphatic heterocycles. The average Bonchev–Trinajstić information content (AvgIpc) is 2.76. The van der Waals surface area contributed by atoms with Crippen LogP contribution < -0.4 is 15.5 Å². The molecule has 164 valence electrons. The molecule has 0 spiro atoms. The van der Waals surface area contributed by atoms with E-state index in [0.29, 0.717) is 27.6 Å². The van der Waals surface area contributed by atoms with Crippen LogP contribution in [0, 0.1) is 13.8 Å². The molecule has 3 aromatic carbocycles. The van der Waals surface area contributed by atoms with E-state index in [1.807, 2.05) is 32.0 Å². The molecule has 2 N–H and O–H groups in total. The van der Waals surface area contributed by atoms with Crippen molar-refractivity contribution in [1.29, 1.82) is 0 Å². The van der Waals surface area contributed by atoms with Gasteiger partial charge < -0.3 is 10.1 Å². The van der Waals surface area contributed by atoms with Crippen LogP contribution >= 0.6 is 27.5 Å². The topological polar surface area (TPSA) is 79.8 Å². The predicted octanol–water partition coefficient (Wildman–Crippen LogP) is 5.50. The molecule has 0 radical (unpaired) electrons. The number of nitrogens with one attached hydrogen (secondary N) is 2. The molecule has 0 aliphatic carbocycles. The van der Waals surface area contributed by atoms with Crippen molar-refractivity contribution in [1.82, 2.24) is 5.43 Å². The molecule has 8 heteroatoms. The van der Waals surface area contributed by atoms with E-state index < -0.39 is 0 Å². The number of nitrogens with zero attached hydrogens (tertiary/aromatic N) is 1. The van der Waals surface area contributed by atoms with E-state index in [2.05, 4.69) is 31.8 Å². The van der Waals surface area contributed by atoms with Gasteiger partial charge in [0, 0.05) is 15.7 Å². The van der Waals surface area contributed by atoms with Gasteiger partial charge in [-0.15, -0.1) is 0 Å². The fourth-order valence-corrected chi connectivity index (χ4v) is 3.21. The zero-order valence-electron chi connectivity index (χ0n) is 17.5. The second-order valence-electron chi connectivity index (χ2n) is 7.03. The van der Waals surface area contributed by atoms with Crippen molar-refractivity contribution in [2.24, 2.45) is 5.10 Å². The van der Waals surface area contributed by atoms with E-state index >= 15 is 0 Å². The molecule has 0 aliphatic rings. The quantitative estimate of drug-likeness (QED) is 0.323. The minimum Gasteiger partial charge on any atom is -0.482 e. The van der Waals surface area contributed by atoms with Crippen molar-refractivity contribution in [2.75, 3.05) is 11.9 Å². The highest BCUT2D eigenvalue weighted by Crippen LogP contribution is 2.25. The van der Waals surface area contributed by atoms with Gasteiger partial charge in [0.1, 0.15) is 5.75 Å². The van der Waals surface area contributed by atoms with Crippen LogP contribution in [-0.2, 0) is 4.79 Å². The molecule has 0 atom stereocenters. The molecule has 0 aromatic heterocycles. The van der Waals surface area contributed by atoms with Gasteiger partial charge in [-0.05, 0) is 85.1 Å². The third kappa shape index (κ3) is 6.67. The molecule has 0 bridgehead atoms. The van der Waals surface area contributed by atoms with Crippen LogP contribution in [0.4, 0.5) is 5.69 Å². The second kappa shape index (κ2) is 10.9. The summed E-state index contributed by atoms with van der Waals surface area (Å²) in [5, 5.41) is 7.07. The third-order valence-electron chi connectivity index (χ3n) is 4.59. The summed E-state index contributed by atoms with van der Waals surface area (Å²) in [6.45, 7) is 3.82. The lowest BCUT2D eigenvalue weighted by Crippen LogP contribution is -2.20. The van der Waals surface area contributed by atoms with Gasteiger partial charge in [-0.25, -0.2) is 5.43 Å². The summed E-state index contributed by atoms with van der Waals surface area (Å²) in [6, 6.07) is 17.6. The molecular weight excluding hydrogens is 494 g/mol. The number of amides is 2. The maximum Gasteiger partial charge on any atom is 0.271 e. The maximum atomic E-state index is 12.2. The van der Waals surface area contributed by atoms with Crippen molar-refractivity contribution >= 4 is 51.2 Å². The van der Waals surface area contributed by atoms with Crippen LogP contribution in [0.1, 0.15) is 27.0 Å². The SMILES string of the molecule is Cc1ccc(NC(=O)COc2ccc(/C=N/NC(=O)c3ccc(Br)cc3)cc2Cl)cc1C. The number of hydrogen-bond donors (Lipinski definition) is 2. The van der Waals surface area contributed by atoms with Crippen LogP contribution in [0.3, 0.4) is 0 Å². The Balaban J connectivity index is 1.52. The Morgan fingerprint density at radius 3 is 2.47 bits per heavy atom. The van der Waals surface area contributed by atoms with Crippen molar-refractivity contribution in [3.05, 3.63) is 92.4 Å². The number of anilines is 1. The molecular formula is C24H21BrClN3O3. The summed E-state index contributed by atoms with van der Waals surface area (Å²) in [7, 11) is 0. The van der Waals surface area contributed by atoms with Crippen molar-refractivity contribution in [3.63, 3.8) is 0 Å². The minimum atomic E-state index is -0.324. The summed E-state index contributed by atoms with van der Waals surface area (Å²) in [6.07, 6.45) is 1.47. The molecule has 2 amide bonds. The Bertz CT molecular complexity index is 1160. The summed E-state index contributed by atoms with van der Waals surface area (Å²) >= 11 is 9.58. The van der Waals surface area contributed by atoms with Crippen molar-refractivity contribution < 1.29 is 14.3 Å². The largest absolute Gasteiger partial charge is 0.482 e. The third-order valence-corrected chi connectivity index (χ3v) is 5.42. The lowest BCUT2D eigenvalue weighted by Gasteiger charge is -2.10. The van der Waals surface area contributed by atoms with Gasteiger partial charge in [0.05, 0.1) is 11.2 Å². The van der Waals surface area contributed by atoms with Crippen LogP contribution in [-0.4, -0.2) is 24.6 Å². The van der Waals surface area contributed by atoms with Gasteiger partial charge in [0.2, 0.25) is 0 Å². The summed E-state index contributed by atoms with van der Waals surface area (Å²) in [5.74, 6) is -0.238. The number of aryl methyl sites for hydroxylation is 2. The fourth-order valence-electron chi connectivity index (χ4n) is 2.71. The highest BCUT2D eigenvalue weighted by atomic mass is 79.9. The maximum absolute atomic E-state index is 12.2. The van der Waals surface area contributed by atoms with Crippen LogP contribution in [0.25, 0.3) is 0 Å². The minimum absolute atomic E-state index is 0.177. The molecule has 0 saturated carbocycles. The van der Waals surface area contributed by atoms with Crippen molar-refractivity contribution in [2.45, 2.75) is 13.8 Å². The highest BCUT2D eigenvalue weighted by Gasteiger charge is 2.08.